The van der Waals surface area contributed by atoms with E-state index in [9.17, 15) is 0 Å². The van der Waals surface area contributed by atoms with Gasteiger partial charge in [0.25, 0.3) is 0 Å². The van der Waals surface area contributed by atoms with Crippen molar-refractivity contribution in [2.45, 2.75) is 6.92 Å². The van der Waals surface area contributed by atoms with Crippen LogP contribution in [0.1, 0.15) is 6.92 Å². The standard InChI is InChI=1S/C17H15N5/c1-2-18-17-21-10-14-13(9-20-16(14)22-17)11-5-6-15-12(8-11)4-3-7-19-15/h3-10H,2H2,1H3,(H2,18,20,21,22). The molecule has 0 bridgehead atoms. The zero-order chi connectivity index (χ0) is 14.9. The SMILES string of the molecule is CCNc1ncc2c(-c3ccc4ncccc4c3)c[nH]c2n1. The lowest BCUT2D eigenvalue weighted by Gasteiger charge is -2.03. The van der Waals surface area contributed by atoms with Crippen LogP contribution in [0.25, 0.3) is 33.1 Å². The summed E-state index contributed by atoms with van der Waals surface area (Å²) in [5.74, 6) is 0.645. The van der Waals surface area contributed by atoms with Crippen LogP contribution >= 0.6 is 0 Å². The van der Waals surface area contributed by atoms with Crippen molar-refractivity contribution in [3.05, 3.63) is 48.9 Å². The number of fused-ring (bicyclic) bond motifs is 2. The van der Waals surface area contributed by atoms with Gasteiger partial charge < -0.3 is 10.3 Å². The molecule has 3 heterocycles. The monoisotopic (exact) mass is 289 g/mol. The lowest BCUT2D eigenvalue weighted by atomic mass is 10.0. The fourth-order valence-corrected chi connectivity index (χ4v) is 2.63. The van der Waals surface area contributed by atoms with Crippen LogP contribution in [0.4, 0.5) is 5.95 Å². The first-order valence-corrected chi connectivity index (χ1v) is 7.28. The highest BCUT2D eigenvalue weighted by Gasteiger charge is 2.09. The second-order valence-corrected chi connectivity index (χ2v) is 5.10. The Labute approximate surface area is 127 Å². The first-order valence-electron chi connectivity index (χ1n) is 7.28. The maximum absolute atomic E-state index is 4.48. The lowest BCUT2D eigenvalue weighted by molar-refractivity contribution is 1.10. The van der Waals surface area contributed by atoms with Crippen LogP contribution in [0.15, 0.2) is 48.9 Å². The van der Waals surface area contributed by atoms with Crippen LogP contribution in [0.3, 0.4) is 0 Å². The Hall–Kier alpha value is -2.95. The molecule has 2 N–H and O–H groups in total. The number of hydrogen-bond donors (Lipinski definition) is 2. The molecule has 0 amide bonds. The zero-order valence-electron chi connectivity index (χ0n) is 12.2. The van der Waals surface area contributed by atoms with Crippen molar-refractivity contribution in [2.75, 3.05) is 11.9 Å². The van der Waals surface area contributed by atoms with Crippen LogP contribution in [0.5, 0.6) is 0 Å². The summed E-state index contributed by atoms with van der Waals surface area (Å²) in [4.78, 5) is 16.4. The molecule has 0 radical (unpaired) electrons. The number of nitrogens with zero attached hydrogens (tertiary/aromatic N) is 3. The molecule has 0 fully saturated rings. The maximum atomic E-state index is 4.48. The van der Waals surface area contributed by atoms with Gasteiger partial charge in [-0.15, -0.1) is 0 Å². The Balaban J connectivity index is 1.85. The quantitative estimate of drug-likeness (QED) is 0.604. The van der Waals surface area contributed by atoms with Crippen LogP contribution in [0.2, 0.25) is 0 Å². The van der Waals surface area contributed by atoms with Gasteiger partial charge in [-0.3, -0.25) is 4.98 Å². The molecule has 108 valence electrons. The molecule has 5 nitrogen and oxygen atoms in total. The third-order valence-corrected chi connectivity index (χ3v) is 3.68. The van der Waals surface area contributed by atoms with Crippen molar-refractivity contribution in [1.29, 1.82) is 0 Å². The van der Waals surface area contributed by atoms with Crippen molar-refractivity contribution in [2.24, 2.45) is 0 Å². The predicted molar refractivity (Wildman–Crippen MR) is 88.8 cm³/mol. The minimum Gasteiger partial charge on any atom is -0.354 e. The number of pyridine rings is 1. The van der Waals surface area contributed by atoms with E-state index in [0.29, 0.717) is 5.95 Å². The molecule has 4 aromatic rings. The molecule has 4 rings (SSSR count). The van der Waals surface area contributed by atoms with Gasteiger partial charge in [0, 0.05) is 41.5 Å². The summed E-state index contributed by atoms with van der Waals surface area (Å²) in [5.41, 5.74) is 4.07. The minimum atomic E-state index is 0.645. The molecule has 0 aliphatic heterocycles. The number of H-pyrrole nitrogens is 1. The summed E-state index contributed by atoms with van der Waals surface area (Å²) < 4.78 is 0. The highest BCUT2D eigenvalue weighted by Crippen LogP contribution is 2.29. The summed E-state index contributed by atoms with van der Waals surface area (Å²) in [6.07, 6.45) is 5.65. The fourth-order valence-electron chi connectivity index (χ4n) is 2.63. The van der Waals surface area contributed by atoms with E-state index in [0.717, 1.165) is 39.6 Å². The number of aromatic amines is 1. The highest BCUT2D eigenvalue weighted by molar-refractivity contribution is 5.96. The fraction of sp³-hybridized carbons (Fsp3) is 0.118. The molecule has 1 aromatic carbocycles. The minimum absolute atomic E-state index is 0.645. The van der Waals surface area contributed by atoms with E-state index < -0.39 is 0 Å². The van der Waals surface area contributed by atoms with E-state index in [1.54, 1.807) is 0 Å². The van der Waals surface area contributed by atoms with Gasteiger partial charge in [-0.2, -0.15) is 4.98 Å². The van der Waals surface area contributed by atoms with E-state index in [4.69, 9.17) is 0 Å². The molecule has 0 unspecified atom stereocenters. The zero-order valence-corrected chi connectivity index (χ0v) is 12.2. The molecule has 22 heavy (non-hydrogen) atoms. The summed E-state index contributed by atoms with van der Waals surface area (Å²) in [6, 6.07) is 10.3. The largest absolute Gasteiger partial charge is 0.354 e. The van der Waals surface area contributed by atoms with Gasteiger partial charge in [0.05, 0.1) is 5.52 Å². The molecule has 0 aliphatic carbocycles. The summed E-state index contributed by atoms with van der Waals surface area (Å²) in [7, 11) is 0. The molecular formula is C17H15N5. The maximum Gasteiger partial charge on any atom is 0.224 e. The van der Waals surface area contributed by atoms with Gasteiger partial charge in [-0.25, -0.2) is 4.98 Å². The first-order chi connectivity index (χ1) is 10.8. The molecule has 0 saturated carbocycles. The van der Waals surface area contributed by atoms with Crippen LogP contribution in [0, 0.1) is 0 Å². The van der Waals surface area contributed by atoms with Crippen LogP contribution in [-0.2, 0) is 0 Å². The Morgan fingerprint density at radius 3 is 3.05 bits per heavy atom. The number of benzene rings is 1. The van der Waals surface area contributed by atoms with Crippen molar-refractivity contribution in [1.82, 2.24) is 19.9 Å². The molecular weight excluding hydrogens is 274 g/mol. The van der Waals surface area contributed by atoms with Gasteiger partial charge in [0.15, 0.2) is 0 Å². The Bertz CT molecular complexity index is 958. The molecule has 0 spiro atoms. The Morgan fingerprint density at radius 2 is 2.14 bits per heavy atom. The summed E-state index contributed by atoms with van der Waals surface area (Å²) in [6.45, 7) is 2.83. The second kappa shape index (κ2) is 5.11. The van der Waals surface area contributed by atoms with Crippen molar-refractivity contribution in [3.63, 3.8) is 0 Å². The smallest absolute Gasteiger partial charge is 0.224 e. The van der Waals surface area contributed by atoms with Crippen molar-refractivity contribution < 1.29 is 0 Å². The molecule has 5 heteroatoms. The first kappa shape index (κ1) is 12.8. The van der Waals surface area contributed by atoms with E-state index in [1.807, 2.05) is 37.6 Å². The van der Waals surface area contributed by atoms with Crippen molar-refractivity contribution >= 4 is 27.9 Å². The third kappa shape index (κ3) is 2.07. The average molecular weight is 289 g/mol. The van der Waals surface area contributed by atoms with Gasteiger partial charge in [-0.1, -0.05) is 12.1 Å². The lowest BCUT2D eigenvalue weighted by Crippen LogP contribution is -2.01. The van der Waals surface area contributed by atoms with E-state index in [1.165, 1.54) is 0 Å². The van der Waals surface area contributed by atoms with Gasteiger partial charge in [-0.05, 0) is 30.7 Å². The number of hydrogen-bond acceptors (Lipinski definition) is 4. The van der Waals surface area contributed by atoms with Gasteiger partial charge in [0.1, 0.15) is 5.65 Å². The molecule has 0 atom stereocenters. The normalized spacial score (nSPS) is 11.1. The van der Waals surface area contributed by atoms with E-state index in [2.05, 4.69) is 43.5 Å². The predicted octanol–water partition coefficient (Wildman–Crippen LogP) is 3.60. The van der Waals surface area contributed by atoms with Crippen LogP contribution in [-0.4, -0.2) is 26.5 Å². The summed E-state index contributed by atoms with van der Waals surface area (Å²) in [5, 5.41) is 5.27. The summed E-state index contributed by atoms with van der Waals surface area (Å²) >= 11 is 0. The van der Waals surface area contributed by atoms with Crippen molar-refractivity contribution in [3.8, 4) is 11.1 Å². The van der Waals surface area contributed by atoms with Gasteiger partial charge in [0.2, 0.25) is 5.95 Å². The number of anilines is 1. The third-order valence-electron chi connectivity index (χ3n) is 3.68. The topological polar surface area (TPSA) is 66.5 Å². The Kier molecular flexibility index (Phi) is 2.96. The van der Waals surface area contributed by atoms with E-state index >= 15 is 0 Å². The second-order valence-electron chi connectivity index (χ2n) is 5.10. The van der Waals surface area contributed by atoms with Crippen LogP contribution < -0.4 is 5.32 Å². The number of aromatic nitrogens is 4. The average Bonchev–Trinajstić information content (AvgIpc) is 2.98. The molecule has 0 aliphatic rings. The molecule has 3 aromatic heterocycles. The van der Waals surface area contributed by atoms with Gasteiger partial charge >= 0.3 is 0 Å². The molecule has 0 saturated heterocycles. The Morgan fingerprint density at radius 1 is 1.18 bits per heavy atom. The highest BCUT2D eigenvalue weighted by atomic mass is 15.1. The number of nitrogens with one attached hydrogen (secondary N) is 2. The number of rotatable bonds is 3. The van der Waals surface area contributed by atoms with E-state index in [-0.39, 0.29) is 0 Å².